The van der Waals surface area contributed by atoms with Crippen molar-refractivity contribution in [1.29, 1.82) is 0 Å². The fourth-order valence-corrected chi connectivity index (χ4v) is 3.06. The van der Waals surface area contributed by atoms with Gasteiger partial charge in [-0.1, -0.05) is 25.2 Å². The summed E-state index contributed by atoms with van der Waals surface area (Å²) in [4.78, 5) is 35.9. The summed E-state index contributed by atoms with van der Waals surface area (Å²) in [5, 5.41) is 43.1. The van der Waals surface area contributed by atoms with Crippen molar-refractivity contribution < 1.29 is 44.3 Å². The maximum Gasteiger partial charge on any atom is 0.342 e. The fraction of sp³-hybridized carbons (Fsp3) is 0.458. The van der Waals surface area contributed by atoms with E-state index >= 15 is 0 Å². The van der Waals surface area contributed by atoms with E-state index in [1.807, 2.05) is 0 Å². The minimum atomic E-state index is -1.62. The normalized spacial score (nSPS) is 26.4. The van der Waals surface area contributed by atoms with E-state index in [1.54, 1.807) is 13.8 Å². The van der Waals surface area contributed by atoms with Gasteiger partial charge in [0, 0.05) is 25.5 Å². The number of cyclic esters (lactones) is 1. The highest BCUT2D eigenvalue weighted by molar-refractivity contribution is 5.97. The van der Waals surface area contributed by atoms with Gasteiger partial charge in [0.25, 0.3) is 0 Å². The summed E-state index contributed by atoms with van der Waals surface area (Å²) in [6.07, 6.45) is 0.690. The topological polar surface area (TPSA) is 163 Å². The predicted molar refractivity (Wildman–Crippen MR) is 122 cm³/mol. The van der Waals surface area contributed by atoms with E-state index in [1.165, 1.54) is 37.3 Å². The Hall–Kier alpha value is -3.21. The minimum absolute atomic E-state index is 0.0259. The second-order valence-corrected chi connectivity index (χ2v) is 8.19. The van der Waals surface area contributed by atoms with Crippen LogP contribution >= 0.6 is 0 Å². The number of hydrogen-bond acceptors (Lipinski definition) is 9. The number of aliphatic hydroxyl groups excluding tert-OH is 3. The third-order valence-corrected chi connectivity index (χ3v) is 5.28. The van der Waals surface area contributed by atoms with Gasteiger partial charge in [-0.2, -0.15) is 0 Å². The first-order chi connectivity index (χ1) is 16.0. The zero-order valence-corrected chi connectivity index (χ0v) is 19.3. The molecular formula is C24H31NO9. The second kappa shape index (κ2) is 12.3. The van der Waals surface area contributed by atoms with E-state index in [2.05, 4.69) is 5.32 Å². The van der Waals surface area contributed by atoms with Gasteiger partial charge in [0.1, 0.15) is 42.0 Å². The Morgan fingerprint density at radius 1 is 1.24 bits per heavy atom. The highest BCUT2D eigenvalue weighted by Crippen LogP contribution is 2.31. The summed E-state index contributed by atoms with van der Waals surface area (Å²) < 4.78 is 11.0. The van der Waals surface area contributed by atoms with Crippen LogP contribution in [0.5, 0.6) is 11.5 Å². The number of amides is 1. The van der Waals surface area contributed by atoms with Gasteiger partial charge in [-0.25, -0.2) is 4.79 Å². The van der Waals surface area contributed by atoms with Crippen LogP contribution in [0.1, 0.15) is 43.1 Å². The molecule has 1 heterocycles. The molecule has 5 N–H and O–H groups in total. The summed E-state index contributed by atoms with van der Waals surface area (Å²) in [6, 6.07) is 2.64. The molecule has 0 bridgehead atoms. The van der Waals surface area contributed by atoms with Crippen molar-refractivity contribution in [2.75, 3.05) is 13.2 Å². The largest absolute Gasteiger partial charge is 0.507 e. The SMILES string of the molecule is CC(=O)NCC(O)COc1cc(O)c2c(c1)/C=C/CC(O)[C@H](O)C(=O)/C=C\[C@@H](C)C(C)OC2=O. The Kier molecular flexibility index (Phi) is 9.79. The quantitative estimate of drug-likeness (QED) is 0.384. The Morgan fingerprint density at radius 3 is 2.62 bits per heavy atom. The predicted octanol–water partition coefficient (Wildman–Crippen LogP) is 0.713. The number of fused-ring (bicyclic) bond motifs is 1. The lowest BCUT2D eigenvalue weighted by molar-refractivity contribution is -0.127. The summed E-state index contributed by atoms with van der Waals surface area (Å²) in [5.41, 5.74) is 0.0745. The van der Waals surface area contributed by atoms with Gasteiger partial charge in [-0.3, -0.25) is 9.59 Å². The zero-order valence-electron chi connectivity index (χ0n) is 19.3. The number of carbonyl (C=O) groups is 3. The standard InChI is InChI=1S/C24H31NO9/c1-13-7-8-20(29)23(31)19(28)6-4-5-16-9-18(33-12-17(27)11-25-15(3)26)10-21(30)22(16)24(32)34-14(13)2/h4-5,7-10,13-14,17,19,23,27-28,30-31H,6,11-12H2,1-3H3,(H,25,26)/b5-4+,8-7-/t13-,14?,17?,19?,23+/m1/s1. The molecule has 0 fully saturated rings. The number of rotatable bonds is 5. The monoisotopic (exact) mass is 477 g/mol. The molecule has 0 spiro atoms. The van der Waals surface area contributed by atoms with E-state index < -0.39 is 47.8 Å². The van der Waals surface area contributed by atoms with E-state index in [4.69, 9.17) is 9.47 Å². The maximum absolute atomic E-state index is 12.8. The number of ketones is 1. The molecule has 10 heteroatoms. The molecule has 5 atom stereocenters. The molecule has 1 amide bonds. The van der Waals surface area contributed by atoms with Crippen molar-refractivity contribution in [2.24, 2.45) is 5.92 Å². The molecule has 1 aliphatic rings. The van der Waals surface area contributed by atoms with Crippen LogP contribution in [0, 0.1) is 5.92 Å². The lowest BCUT2D eigenvalue weighted by Crippen LogP contribution is -2.33. The van der Waals surface area contributed by atoms with Gasteiger partial charge in [-0.15, -0.1) is 0 Å². The van der Waals surface area contributed by atoms with E-state index in [0.717, 1.165) is 6.08 Å². The van der Waals surface area contributed by atoms with Gasteiger partial charge in [0.15, 0.2) is 5.78 Å². The van der Waals surface area contributed by atoms with Crippen molar-refractivity contribution in [1.82, 2.24) is 5.32 Å². The molecule has 0 saturated heterocycles. The number of phenols is 1. The Balaban J connectivity index is 2.35. The Morgan fingerprint density at radius 2 is 1.94 bits per heavy atom. The molecule has 1 aromatic rings. The Bertz CT molecular complexity index is 956. The zero-order chi connectivity index (χ0) is 25.4. The highest BCUT2D eigenvalue weighted by Gasteiger charge is 2.25. The van der Waals surface area contributed by atoms with Gasteiger partial charge < -0.3 is 35.2 Å². The average molecular weight is 478 g/mol. The van der Waals surface area contributed by atoms with Crippen LogP contribution in [0.15, 0.2) is 30.4 Å². The third kappa shape index (κ3) is 7.68. The van der Waals surface area contributed by atoms with Crippen molar-refractivity contribution in [3.8, 4) is 11.5 Å². The number of ether oxygens (including phenoxy) is 2. The molecule has 0 aromatic heterocycles. The number of hydrogen-bond donors (Lipinski definition) is 5. The second-order valence-electron chi connectivity index (χ2n) is 8.19. The summed E-state index contributed by atoms with van der Waals surface area (Å²) >= 11 is 0. The van der Waals surface area contributed by atoms with Crippen molar-refractivity contribution in [3.63, 3.8) is 0 Å². The van der Waals surface area contributed by atoms with Crippen molar-refractivity contribution in [2.45, 2.75) is 51.6 Å². The number of aromatic hydroxyl groups is 1. The van der Waals surface area contributed by atoms with Gasteiger partial charge in [0.2, 0.25) is 5.91 Å². The van der Waals surface area contributed by atoms with Crippen molar-refractivity contribution >= 4 is 23.7 Å². The molecule has 34 heavy (non-hydrogen) atoms. The summed E-state index contributed by atoms with van der Waals surface area (Å²) in [5.74, 6) is -2.46. The Labute approximate surface area is 197 Å². The molecule has 0 saturated carbocycles. The highest BCUT2D eigenvalue weighted by atomic mass is 16.5. The van der Waals surface area contributed by atoms with Crippen LogP contribution in [-0.4, -0.2) is 75.7 Å². The van der Waals surface area contributed by atoms with Crippen LogP contribution in [-0.2, 0) is 14.3 Å². The summed E-state index contributed by atoms with van der Waals surface area (Å²) in [7, 11) is 0. The smallest absolute Gasteiger partial charge is 0.342 e. The molecule has 2 rings (SSSR count). The van der Waals surface area contributed by atoms with Gasteiger partial charge in [-0.05, 0) is 31.1 Å². The number of nitrogens with one attached hydrogen (secondary N) is 1. The van der Waals surface area contributed by atoms with Crippen LogP contribution in [0.25, 0.3) is 6.08 Å². The van der Waals surface area contributed by atoms with Crippen LogP contribution < -0.4 is 10.1 Å². The van der Waals surface area contributed by atoms with Crippen LogP contribution in [0.4, 0.5) is 0 Å². The maximum atomic E-state index is 12.8. The first-order valence-corrected chi connectivity index (χ1v) is 10.9. The van der Waals surface area contributed by atoms with E-state index in [9.17, 15) is 34.8 Å². The number of benzene rings is 1. The molecule has 0 aliphatic carbocycles. The minimum Gasteiger partial charge on any atom is -0.507 e. The fourth-order valence-electron chi connectivity index (χ4n) is 3.06. The number of carbonyl (C=O) groups excluding carboxylic acids is 3. The average Bonchev–Trinajstić information content (AvgIpc) is 2.77. The van der Waals surface area contributed by atoms with Gasteiger partial charge in [0.05, 0.1) is 6.10 Å². The lowest BCUT2D eigenvalue weighted by Gasteiger charge is -2.20. The van der Waals surface area contributed by atoms with E-state index in [0.29, 0.717) is 0 Å². The molecular weight excluding hydrogens is 446 g/mol. The molecule has 10 nitrogen and oxygen atoms in total. The van der Waals surface area contributed by atoms with E-state index in [-0.39, 0.29) is 42.4 Å². The molecule has 186 valence electrons. The number of phenolic OH excluding ortho intramolecular Hbond substituents is 1. The molecule has 1 aromatic carbocycles. The first-order valence-electron chi connectivity index (χ1n) is 10.9. The number of esters is 1. The van der Waals surface area contributed by atoms with Crippen LogP contribution in [0.2, 0.25) is 0 Å². The molecule has 3 unspecified atom stereocenters. The first kappa shape index (κ1) is 27.0. The third-order valence-electron chi connectivity index (χ3n) is 5.28. The van der Waals surface area contributed by atoms with Crippen LogP contribution in [0.3, 0.4) is 0 Å². The lowest BCUT2D eigenvalue weighted by atomic mass is 9.99. The molecule has 1 aliphatic heterocycles. The number of aliphatic hydroxyl groups is 3. The summed E-state index contributed by atoms with van der Waals surface area (Å²) in [6.45, 7) is 4.42. The molecule has 0 radical (unpaired) electrons. The van der Waals surface area contributed by atoms with Gasteiger partial charge >= 0.3 is 5.97 Å². The van der Waals surface area contributed by atoms with Crippen molar-refractivity contribution in [3.05, 3.63) is 41.5 Å².